The second-order valence-corrected chi connectivity index (χ2v) is 9.65. The summed E-state index contributed by atoms with van der Waals surface area (Å²) in [6.45, 7) is 3.45. The zero-order chi connectivity index (χ0) is 22.2. The van der Waals surface area contributed by atoms with Gasteiger partial charge in [-0.1, -0.05) is 0 Å². The molecule has 8 nitrogen and oxygen atoms in total. The van der Waals surface area contributed by atoms with E-state index in [1.54, 1.807) is 11.8 Å². The molecule has 2 aromatic rings. The molecule has 1 unspecified atom stereocenters. The quantitative estimate of drug-likeness (QED) is 0.698. The molecular formula is C21H25FN4O4S. The Morgan fingerprint density at radius 3 is 2.61 bits per heavy atom. The van der Waals surface area contributed by atoms with Gasteiger partial charge in [0, 0.05) is 25.8 Å². The lowest BCUT2D eigenvalue weighted by Gasteiger charge is -2.24. The Bertz CT molecular complexity index is 1100. The average Bonchev–Trinajstić information content (AvgIpc) is 3.45. The van der Waals surface area contributed by atoms with Gasteiger partial charge in [-0.3, -0.25) is 4.79 Å². The minimum Gasteiger partial charge on any atom is -0.495 e. The van der Waals surface area contributed by atoms with Crippen LogP contribution in [-0.4, -0.2) is 60.2 Å². The van der Waals surface area contributed by atoms with E-state index in [4.69, 9.17) is 4.74 Å². The van der Waals surface area contributed by atoms with Crippen LogP contribution >= 0.6 is 0 Å². The van der Waals surface area contributed by atoms with Crippen molar-refractivity contribution < 1.29 is 22.3 Å². The van der Waals surface area contributed by atoms with E-state index in [2.05, 4.69) is 9.97 Å². The van der Waals surface area contributed by atoms with Crippen LogP contribution in [0.3, 0.4) is 0 Å². The number of aromatic nitrogens is 2. The van der Waals surface area contributed by atoms with Gasteiger partial charge < -0.3 is 9.64 Å². The Kier molecular flexibility index (Phi) is 5.94. The van der Waals surface area contributed by atoms with E-state index < -0.39 is 21.9 Å². The molecule has 0 radical (unpaired) electrons. The minimum atomic E-state index is -4.04. The molecule has 0 aliphatic carbocycles. The van der Waals surface area contributed by atoms with Crippen molar-refractivity contribution in [3.63, 3.8) is 0 Å². The molecule has 1 amide bonds. The summed E-state index contributed by atoms with van der Waals surface area (Å²) in [7, 11) is -2.70. The minimum absolute atomic E-state index is 0.0794. The van der Waals surface area contributed by atoms with Crippen LogP contribution in [0.4, 0.5) is 4.39 Å². The SMILES string of the molecule is COc1ccc(F)cc1S(=O)(=O)N1CCCC1c1ncc(C(=O)N2CCCC2)c(C)n1. The molecule has 0 spiro atoms. The number of aryl methyl sites for hydroxylation is 1. The maximum Gasteiger partial charge on any atom is 0.257 e. The zero-order valence-electron chi connectivity index (χ0n) is 17.5. The molecule has 2 saturated heterocycles. The summed E-state index contributed by atoms with van der Waals surface area (Å²) in [6, 6.07) is 2.83. The van der Waals surface area contributed by atoms with E-state index in [-0.39, 0.29) is 23.1 Å². The van der Waals surface area contributed by atoms with E-state index in [9.17, 15) is 17.6 Å². The number of amides is 1. The molecule has 0 bridgehead atoms. The largest absolute Gasteiger partial charge is 0.495 e. The van der Waals surface area contributed by atoms with Gasteiger partial charge in [0.1, 0.15) is 22.3 Å². The number of methoxy groups -OCH3 is 1. The summed E-state index contributed by atoms with van der Waals surface area (Å²) in [5.74, 6) is -0.337. The predicted octanol–water partition coefficient (Wildman–Crippen LogP) is 2.69. The van der Waals surface area contributed by atoms with Crippen molar-refractivity contribution in [1.82, 2.24) is 19.2 Å². The van der Waals surface area contributed by atoms with Gasteiger partial charge in [0.15, 0.2) is 0 Å². The fraction of sp³-hybridized carbons (Fsp3) is 0.476. The Balaban J connectivity index is 1.65. The number of carbonyl (C=O) groups is 1. The summed E-state index contributed by atoms with van der Waals surface area (Å²) >= 11 is 0. The second kappa shape index (κ2) is 8.51. The summed E-state index contributed by atoms with van der Waals surface area (Å²) in [5, 5.41) is 0. The molecule has 2 aliphatic heterocycles. The number of rotatable bonds is 5. The molecule has 3 heterocycles. The number of halogens is 1. The maximum atomic E-state index is 13.8. The molecule has 1 aromatic carbocycles. The lowest BCUT2D eigenvalue weighted by Crippen LogP contribution is -2.32. The molecule has 1 atom stereocenters. The number of benzene rings is 1. The highest BCUT2D eigenvalue weighted by atomic mass is 32.2. The van der Waals surface area contributed by atoms with Crippen molar-refractivity contribution in [2.45, 2.75) is 43.5 Å². The molecule has 10 heteroatoms. The molecule has 31 heavy (non-hydrogen) atoms. The first-order valence-corrected chi connectivity index (χ1v) is 11.7. The standard InChI is InChI=1S/C21H25FN4O4S/c1-14-16(21(27)25-9-3-4-10-25)13-23-20(24-14)17-6-5-11-26(17)31(28,29)19-12-15(22)7-8-18(19)30-2/h7-8,12-13,17H,3-6,9-11H2,1-2H3. The van der Waals surface area contributed by atoms with Gasteiger partial charge >= 0.3 is 0 Å². The third-order valence-electron chi connectivity index (χ3n) is 5.84. The molecule has 2 aliphatic rings. The van der Waals surface area contributed by atoms with E-state index >= 15 is 0 Å². The van der Waals surface area contributed by atoms with Gasteiger partial charge in [-0.25, -0.2) is 22.8 Å². The van der Waals surface area contributed by atoms with Crippen LogP contribution in [0.15, 0.2) is 29.3 Å². The highest BCUT2D eigenvalue weighted by molar-refractivity contribution is 7.89. The van der Waals surface area contributed by atoms with E-state index in [1.807, 2.05) is 0 Å². The van der Waals surface area contributed by atoms with Gasteiger partial charge in [-0.2, -0.15) is 4.31 Å². The highest BCUT2D eigenvalue weighted by Crippen LogP contribution is 2.38. The Morgan fingerprint density at radius 1 is 1.19 bits per heavy atom. The number of sulfonamides is 1. The van der Waals surface area contributed by atoms with Gasteiger partial charge in [0.05, 0.1) is 24.4 Å². The molecule has 2 fully saturated rings. The van der Waals surface area contributed by atoms with Crippen LogP contribution in [0.5, 0.6) is 5.75 Å². The second-order valence-electron chi connectivity index (χ2n) is 7.80. The molecular weight excluding hydrogens is 423 g/mol. The third-order valence-corrected chi connectivity index (χ3v) is 7.77. The number of likely N-dealkylation sites (tertiary alicyclic amines) is 1. The van der Waals surface area contributed by atoms with Gasteiger partial charge in [0.25, 0.3) is 5.91 Å². The summed E-state index contributed by atoms with van der Waals surface area (Å²) in [4.78, 5) is 23.1. The molecule has 4 rings (SSSR count). The zero-order valence-corrected chi connectivity index (χ0v) is 18.4. The van der Waals surface area contributed by atoms with Crippen LogP contribution in [0.25, 0.3) is 0 Å². The van der Waals surface area contributed by atoms with Crippen molar-refractivity contribution in [2.75, 3.05) is 26.7 Å². The number of ether oxygens (including phenoxy) is 1. The lowest BCUT2D eigenvalue weighted by molar-refractivity contribution is 0.0791. The van der Waals surface area contributed by atoms with E-state index in [0.717, 1.165) is 38.1 Å². The summed E-state index contributed by atoms with van der Waals surface area (Å²) in [5.41, 5.74) is 0.958. The lowest BCUT2D eigenvalue weighted by atomic mass is 10.1. The first-order valence-electron chi connectivity index (χ1n) is 10.3. The average molecular weight is 449 g/mol. The van der Waals surface area contributed by atoms with E-state index in [0.29, 0.717) is 29.9 Å². The smallest absolute Gasteiger partial charge is 0.257 e. The third kappa shape index (κ3) is 4.01. The van der Waals surface area contributed by atoms with Crippen LogP contribution in [0.2, 0.25) is 0 Å². The fourth-order valence-corrected chi connectivity index (χ4v) is 6.03. The Labute approximate surface area is 181 Å². The number of carbonyl (C=O) groups excluding carboxylic acids is 1. The summed E-state index contributed by atoms with van der Waals surface area (Å²) < 4.78 is 47.0. The van der Waals surface area contributed by atoms with Crippen molar-refractivity contribution in [3.05, 3.63) is 47.3 Å². The number of hydrogen-bond acceptors (Lipinski definition) is 6. The number of nitrogens with zero attached hydrogens (tertiary/aromatic N) is 4. The first-order chi connectivity index (χ1) is 14.8. The molecule has 166 valence electrons. The van der Waals surface area contributed by atoms with E-state index in [1.165, 1.54) is 23.7 Å². The van der Waals surface area contributed by atoms with Gasteiger partial charge in [-0.05, 0) is 50.8 Å². The highest BCUT2D eigenvalue weighted by Gasteiger charge is 2.39. The van der Waals surface area contributed by atoms with Crippen LogP contribution in [0.1, 0.15) is 53.6 Å². The predicted molar refractivity (Wildman–Crippen MR) is 111 cm³/mol. The van der Waals surface area contributed by atoms with Crippen molar-refractivity contribution in [1.29, 1.82) is 0 Å². The Morgan fingerprint density at radius 2 is 1.94 bits per heavy atom. The van der Waals surface area contributed by atoms with Gasteiger partial charge in [0.2, 0.25) is 10.0 Å². The van der Waals surface area contributed by atoms with Crippen molar-refractivity contribution in [2.24, 2.45) is 0 Å². The van der Waals surface area contributed by atoms with Crippen molar-refractivity contribution >= 4 is 15.9 Å². The normalized spacial score (nSPS) is 19.7. The topological polar surface area (TPSA) is 92.7 Å². The first kappa shape index (κ1) is 21.6. The van der Waals surface area contributed by atoms with Crippen LogP contribution in [-0.2, 0) is 10.0 Å². The number of hydrogen-bond donors (Lipinski definition) is 0. The van der Waals surface area contributed by atoms with Crippen molar-refractivity contribution in [3.8, 4) is 5.75 Å². The fourth-order valence-electron chi connectivity index (χ4n) is 4.21. The molecule has 1 aromatic heterocycles. The van der Waals surface area contributed by atoms with Crippen LogP contribution < -0.4 is 4.74 Å². The maximum absolute atomic E-state index is 13.8. The van der Waals surface area contributed by atoms with Gasteiger partial charge in [-0.15, -0.1) is 0 Å². The molecule has 0 N–H and O–H groups in total. The monoisotopic (exact) mass is 448 g/mol. The summed E-state index contributed by atoms with van der Waals surface area (Å²) in [6.07, 6.45) is 4.63. The van der Waals surface area contributed by atoms with Crippen LogP contribution in [0, 0.1) is 12.7 Å². The molecule has 0 saturated carbocycles. The Hall–Kier alpha value is -2.59.